The molecule has 0 bridgehead atoms. The van der Waals surface area contributed by atoms with Gasteiger partial charge in [-0.2, -0.15) is 0 Å². The largest absolute Gasteiger partial charge is 0.465 e. The van der Waals surface area contributed by atoms with E-state index in [1.807, 2.05) is 0 Å². The van der Waals surface area contributed by atoms with Gasteiger partial charge in [-0.15, -0.1) is 0 Å². The maximum Gasteiger partial charge on any atom is 0.404 e. The second-order valence-corrected chi connectivity index (χ2v) is 7.18. The molecule has 0 aromatic rings. The fraction of sp³-hybridized carbons (Fsp3) is 0.933. The monoisotopic (exact) mass is 284 g/mol. The highest BCUT2D eigenvalue weighted by atomic mass is 16.5. The van der Waals surface area contributed by atoms with Crippen molar-refractivity contribution in [2.24, 2.45) is 11.3 Å². The summed E-state index contributed by atoms with van der Waals surface area (Å²) in [5.74, 6) is 0.411. The number of hydrogen-bond donors (Lipinski definition) is 2. The van der Waals surface area contributed by atoms with Crippen molar-refractivity contribution in [3.05, 3.63) is 0 Å². The zero-order valence-electron chi connectivity index (χ0n) is 12.9. The second kappa shape index (κ2) is 6.31. The van der Waals surface area contributed by atoms with Crippen molar-refractivity contribution in [1.29, 1.82) is 0 Å². The Labute approximate surface area is 121 Å². The molecule has 2 atom stereocenters. The lowest BCUT2D eigenvalue weighted by Gasteiger charge is -2.36. The van der Waals surface area contributed by atoms with Gasteiger partial charge in [-0.25, -0.2) is 4.79 Å². The molecule has 0 aromatic carbocycles. The van der Waals surface area contributed by atoms with Gasteiger partial charge in [0, 0.05) is 31.8 Å². The maximum atomic E-state index is 11.1. The Morgan fingerprint density at radius 1 is 1.30 bits per heavy atom. The highest BCUT2D eigenvalue weighted by Crippen LogP contribution is 2.33. The summed E-state index contributed by atoms with van der Waals surface area (Å²) in [7, 11) is 0. The zero-order valence-corrected chi connectivity index (χ0v) is 12.9. The van der Waals surface area contributed by atoms with E-state index in [1.54, 1.807) is 0 Å². The van der Waals surface area contributed by atoms with Crippen LogP contribution in [0.2, 0.25) is 0 Å². The molecule has 2 aliphatic rings. The molecule has 2 rings (SSSR count). The Morgan fingerprint density at radius 3 is 2.50 bits per heavy atom. The van der Waals surface area contributed by atoms with Crippen molar-refractivity contribution in [3.8, 4) is 0 Å². The number of carboxylic acid groups (broad SMARTS) is 1. The third-order valence-electron chi connectivity index (χ3n) is 4.65. The fourth-order valence-corrected chi connectivity index (χ4v) is 3.64. The van der Waals surface area contributed by atoms with Gasteiger partial charge in [-0.05, 0) is 37.1 Å². The van der Waals surface area contributed by atoms with E-state index in [0.717, 1.165) is 45.6 Å². The summed E-state index contributed by atoms with van der Waals surface area (Å²) in [5.41, 5.74) is -0.0469. The highest BCUT2D eigenvalue weighted by Gasteiger charge is 2.39. The minimum Gasteiger partial charge on any atom is -0.465 e. The third-order valence-corrected chi connectivity index (χ3v) is 4.65. The van der Waals surface area contributed by atoms with E-state index in [-0.39, 0.29) is 11.5 Å². The molecule has 1 amide bonds. The normalized spacial score (nSPS) is 27.4. The average molecular weight is 284 g/mol. The molecule has 2 heterocycles. The molecule has 0 spiro atoms. The van der Waals surface area contributed by atoms with Crippen molar-refractivity contribution < 1.29 is 14.6 Å². The predicted octanol–water partition coefficient (Wildman–Crippen LogP) is 2.17. The van der Waals surface area contributed by atoms with E-state index in [4.69, 9.17) is 9.84 Å². The first kappa shape index (κ1) is 15.6. The lowest BCUT2D eigenvalue weighted by Crippen LogP contribution is -2.49. The van der Waals surface area contributed by atoms with Crippen LogP contribution in [0.4, 0.5) is 4.79 Å². The summed E-state index contributed by atoms with van der Waals surface area (Å²) in [6.45, 7) is 10.2. The van der Waals surface area contributed by atoms with Crippen molar-refractivity contribution in [2.45, 2.75) is 52.1 Å². The zero-order chi connectivity index (χ0) is 14.8. The summed E-state index contributed by atoms with van der Waals surface area (Å²) >= 11 is 0. The van der Waals surface area contributed by atoms with Crippen molar-refractivity contribution in [3.63, 3.8) is 0 Å². The first-order chi connectivity index (χ1) is 9.38. The number of rotatable bonds is 3. The van der Waals surface area contributed by atoms with E-state index in [9.17, 15) is 4.79 Å². The summed E-state index contributed by atoms with van der Waals surface area (Å²) in [6.07, 6.45) is 2.40. The lowest BCUT2D eigenvalue weighted by molar-refractivity contribution is 0.0395. The number of amides is 1. The van der Waals surface area contributed by atoms with Crippen molar-refractivity contribution >= 4 is 6.09 Å². The molecule has 2 unspecified atom stereocenters. The molecule has 20 heavy (non-hydrogen) atoms. The van der Waals surface area contributed by atoms with E-state index < -0.39 is 6.09 Å². The van der Waals surface area contributed by atoms with E-state index in [2.05, 4.69) is 31.0 Å². The summed E-state index contributed by atoms with van der Waals surface area (Å²) in [4.78, 5) is 13.6. The minimum absolute atomic E-state index is 0.0184. The first-order valence-corrected chi connectivity index (χ1v) is 7.69. The maximum absolute atomic E-state index is 11.1. The van der Waals surface area contributed by atoms with Gasteiger partial charge < -0.3 is 15.2 Å². The van der Waals surface area contributed by atoms with Gasteiger partial charge in [0.1, 0.15) is 0 Å². The Balaban J connectivity index is 1.96. The minimum atomic E-state index is -0.908. The van der Waals surface area contributed by atoms with E-state index in [0.29, 0.717) is 12.0 Å². The molecule has 5 heteroatoms. The smallest absolute Gasteiger partial charge is 0.404 e. The van der Waals surface area contributed by atoms with Crippen LogP contribution in [-0.2, 0) is 4.74 Å². The van der Waals surface area contributed by atoms with E-state index >= 15 is 0 Å². The average Bonchev–Trinajstić information content (AvgIpc) is 2.84. The Kier molecular flexibility index (Phi) is 4.91. The Morgan fingerprint density at radius 2 is 1.95 bits per heavy atom. The van der Waals surface area contributed by atoms with Crippen molar-refractivity contribution in [1.82, 2.24) is 10.2 Å². The Hall–Kier alpha value is -0.810. The van der Waals surface area contributed by atoms with Crippen LogP contribution in [0.1, 0.15) is 40.0 Å². The van der Waals surface area contributed by atoms with Crippen LogP contribution in [0.3, 0.4) is 0 Å². The molecular formula is C15H28N2O3. The molecule has 2 N–H and O–H groups in total. The molecule has 0 radical (unpaired) electrons. The van der Waals surface area contributed by atoms with Crippen LogP contribution in [0.5, 0.6) is 0 Å². The summed E-state index contributed by atoms with van der Waals surface area (Å²) < 4.78 is 5.42. The van der Waals surface area contributed by atoms with Gasteiger partial charge in [0.15, 0.2) is 0 Å². The molecule has 5 nitrogen and oxygen atoms in total. The quantitative estimate of drug-likeness (QED) is 0.834. The fourth-order valence-electron chi connectivity index (χ4n) is 3.64. The van der Waals surface area contributed by atoms with Gasteiger partial charge in [0.25, 0.3) is 0 Å². The SMILES string of the molecule is CC(C)(C)C(NC(=O)O)C1CCN(C2CCOCC2)C1. The Bertz CT molecular complexity index is 335. The first-order valence-electron chi connectivity index (χ1n) is 7.69. The highest BCUT2D eigenvalue weighted by molar-refractivity contribution is 5.65. The molecule has 2 aliphatic heterocycles. The molecule has 0 aliphatic carbocycles. The standard InChI is InChI=1S/C15H28N2O3/c1-15(2,3)13(16-14(18)19)11-4-7-17(10-11)12-5-8-20-9-6-12/h11-13,16H,4-10H2,1-3H3,(H,18,19). The summed E-state index contributed by atoms with van der Waals surface area (Å²) in [5, 5.41) is 11.8. The van der Waals surface area contributed by atoms with Gasteiger partial charge in [0.2, 0.25) is 0 Å². The summed E-state index contributed by atoms with van der Waals surface area (Å²) in [6, 6.07) is 0.643. The number of hydrogen-bond acceptors (Lipinski definition) is 3. The van der Waals surface area contributed by atoms with Crippen LogP contribution >= 0.6 is 0 Å². The molecule has 116 valence electrons. The topological polar surface area (TPSA) is 61.8 Å². The molecular weight excluding hydrogens is 256 g/mol. The number of carbonyl (C=O) groups is 1. The molecule has 2 saturated heterocycles. The molecule has 0 saturated carbocycles. The van der Waals surface area contributed by atoms with Crippen LogP contribution in [-0.4, -0.2) is 54.5 Å². The second-order valence-electron chi connectivity index (χ2n) is 7.18. The molecule has 0 aromatic heterocycles. The van der Waals surface area contributed by atoms with Crippen LogP contribution < -0.4 is 5.32 Å². The van der Waals surface area contributed by atoms with E-state index in [1.165, 1.54) is 0 Å². The lowest BCUT2D eigenvalue weighted by atomic mass is 9.78. The van der Waals surface area contributed by atoms with Gasteiger partial charge in [-0.3, -0.25) is 4.90 Å². The van der Waals surface area contributed by atoms with Gasteiger partial charge in [-0.1, -0.05) is 20.8 Å². The number of nitrogens with zero attached hydrogens (tertiary/aromatic N) is 1. The van der Waals surface area contributed by atoms with Gasteiger partial charge in [0.05, 0.1) is 0 Å². The number of ether oxygens (including phenoxy) is 1. The van der Waals surface area contributed by atoms with Crippen LogP contribution in [0.25, 0.3) is 0 Å². The van der Waals surface area contributed by atoms with Crippen LogP contribution in [0.15, 0.2) is 0 Å². The third kappa shape index (κ3) is 3.85. The van der Waals surface area contributed by atoms with Crippen LogP contribution in [0, 0.1) is 11.3 Å². The number of likely N-dealkylation sites (tertiary alicyclic amines) is 1. The molecule has 2 fully saturated rings. The predicted molar refractivity (Wildman–Crippen MR) is 77.9 cm³/mol. The number of nitrogens with one attached hydrogen (secondary N) is 1. The van der Waals surface area contributed by atoms with Gasteiger partial charge >= 0.3 is 6.09 Å². The van der Waals surface area contributed by atoms with Crippen molar-refractivity contribution in [2.75, 3.05) is 26.3 Å².